The Balaban J connectivity index is 1.73. The number of nitrogens with zero attached hydrogens (tertiary/aromatic N) is 2. The lowest BCUT2D eigenvalue weighted by Crippen LogP contribution is -2.39. The standard InChI is InChI=1S/C15H18N4O/c1-10-4-3-5-12(11(10)2)18-15(20)19-7-6-13-14(8-19)17-9-16-13/h3-5,9H,6-8H2,1-2H3,(H,16,17)(H,18,20). The molecule has 1 aliphatic heterocycles. The second kappa shape index (κ2) is 5.00. The molecule has 0 spiro atoms. The molecule has 1 aromatic heterocycles. The number of H-pyrrole nitrogens is 1. The fourth-order valence-electron chi connectivity index (χ4n) is 2.47. The molecule has 2 N–H and O–H groups in total. The van der Waals surface area contributed by atoms with Gasteiger partial charge in [-0.2, -0.15) is 0 Å². The van der Waals surface area contributed by atoms with Crippen molar-refractivity contribution in [2.24, 2.45) is 0 Å². The lowest BCUT2D eigenvalue weighted by molar-refractivity contribution is 0.205. The number of benzene rings is 1. The van der Waals surface area contributed by atoms with Crippen molar-refractivity contribution in [1.82, 2.24) is 14.9 Å². The SMILES string of the molecule is Cc1cccc(NC(=O)N2CCc3nc[nH]c3C2)c1C. The summed E-state index contributed by atoms with van der Waals surface area (Å²) in [5, 5.41) is 3.00. The van der Waals surface area contributed by atoms with Gasteiger partial charge in [0.1, 0.15) is 0 Å². The molecule has 3 rings (SSSR count). The van der Waals surface area contributed by atoms with Crippen LogP contribution in [0.25, 0.3) is 0 Å². The lowest BCUT2D eigenvalue weighted by atomic mass is 10.1. The molecule has 0 unspecified atom stereocenters. The molecule has 0 aliphatic carbocycles. The van der Waals surface area contributed by atoms with Crippen LogP contribution < -0.4 is 5.32 Å². The van der Waals surface area contributed by atoms with Crippen LogP contribution in [-0.2, 0) is 13.0 Å². The van der Waals surface area contributed by atoms with Gasteiger partial charge in [0.05, 0.1) is 24.3 Å². The molecule has 0 fully saturated rings. The molecule has 0 atom stereocenters. The van der Waals surface area contributed by atoms with Crippen molar-refractivity contribution in [3.8, 4) is 0 Å². The Kier molecular flexibility index (Phi) is 3.18. The van der Waals surface area contributed by atoms with Crippen molar-refractivity contribution in [3.05, 3.63) is 47.0 Å². The second-order valence-electron chi connectivity index (χ2n) is 5.18. The predicted molar refractivity (Wildman–Crippen MR) is 77.6 cm³/mol. The number of urea groups is 1. The van der Waals surface area contributed by atoms with Gasteiger partial charge in [0.15, 0.2) is 0 Å². The van der Waals surface area contributed by atoms with E-state index >= 15 is 0 Å². The van der Waals surface area contributed by atoms with E-state index in [1.807, 2.05) is 36.9 Å². The van der Waals surface area contributed by atoms with E-state index in [0.29, 0.717) is 13.1 Å². The van der Waals surface area contributed by atoms with Crippen LogP contribution in [0.3, 0.4) is 0 Å². The maximum absolute atomic E-state index is 12.3. The van der Waals surface area contributed by atoms with Gasteiger partial charge >= 0.3 is 6.03 Å². The van der Waals surface area contributed by atoms with E-state index < -0.39 is 0 Å². The summed E-state index contributed by atoms with van der Waals surface area (Å²) in [6.45, 7) is 5.36. The van der Waals surface area contributed by atoms with Gasteiger partial charge in [-0.15, -0.1) is 0 Å². The van der Waals surface area contributed by atoms with Crippen LogP contribution in [0, 0.1) is 13.8 Å². The number of rotatable bonds is 1. The summed E-state index contributed by atoms with van der Waals surface area (Å²) in [6.07, 6.45) is 2.50. The normalized spacial score (nSPS) is 14.0. The molecule has 104 valence electrons. The summed E-state index contributed by atoms with van der Waals surface area (Å²) < 4.78 is 0. The highest BCUT2D eigenvalue weighted by Crippen LogP contribution is 2.20. The Morgan fingerprint density at radius 3 is 3.10 bits per heavy atom. The molecule has 0 saturated heterocycles. The zero-order valence-corrected chi connectivity index (χ0v) is 11.7. The topological polar surface area (TPSA) is 61.0 Å². The summed E-state index contributed by atoms with van der Waals surface area (Å²) in [5.74, 6) is 0. The van der Waals surface area contributed by atoms with Crippen LogP contribution >= 0.6 is 0 Å². The van der Waals surface area contributed by atoms with Crippen LogP contribution in [0.4, 0.5) is 10.5 Å². The molecular formula is C15H18N4O. The number of carbonyl (C=O) groups excluding carboxylic acids is 1. The Morgan fingerprint density at radius 2 is 2.25 bits per heavy atom. The Morgan fingerprint density at radius 1 is 1.40 bits per heavy atom. The quantitative estimate of drug-likeness (QED) is 0.836. The highest BCUT2D eigenvalue weighted by atomic mass is 16.2. The number of hydrogen-bond donors (Lipinski definition) is 2. The third-order valence-electron chi connectivity index (χ3n) is 3.91. The molecule has 5 nitrogen and oxygen atoms in total. The number of hydrogen-bond acceptors (Lipinski definition) is 2. The number of amides is 2. The van der Waals surface area contributed by atoms with Gasteiger partial charge in [-0.1, -0.05) is 12.1 Å². The molecular weight excluding hydrogens is 252 g/mol. The second-order valence-corrected chi connectivity index (χ2v) is 5.18. The first-order chi connectivity index (χ1) is 9.65. The third kappa shape index (κ3) is 2.27. The van der Waals surface area contributed by atoms with Crippen molar-refractivity contribution >= 4 is 11.7 Å². The lowest BCUT2D eigenvalue weighted by Gasteiger charge is -2.26. The fourth-order valence-corrected chi connectivity index (χ4v) is 2.47. The van der Waals surface area contributed by atoms with Crippen molar-refractivity contribution in [2.75, 3.05) is 11.9 Å². The summed E-state index contributed by atoms with van der Waals surface area (Å²) >= 11 is 0. The number of anilines is 1. The minimum Gasteiger partial charge on any atom is -0.347 e. The van der Waals surface area contributed by atoms with Gasteiger partial charge in [-0.05, 0) is 31.0 Å². The number of aromatic amines is 1. The Hall–Kier alpha value is -2.30. The maximum atomic E-state index is 12.3. The number of imidazole rings is 1. The zero-order valence-electron chi connectivity index (χ0n) is 11.7. The molecule has 0 bridgehead atoms. The zero-order chi connectivity index (χ0) is 14.1. The van der Waals surface area contributed by atoms with Gasteiger partial charge in [-0.3, -0.25) is 0 Å². The first kappa shape index (κ1) is 12.7. The largest absolute Gasteiger partial charge is 0.347 e. The maximum Gasteiger partial charge on any atom is 0.322 e. The van der Waals surface area contributed by atoms with E-state index in [1.54, 1.807) is 6.33 Å². The molecule has 2 heterocycles. The van der Waals surface area contributed by atoms with E-state index in [9.17, 15) is 4.79 Å². The molecule has 2 aromatic rings. The van der Waals surface area contributed by atoms with E-state index in [4.69, 9.17) is 0 Å². The smallest absolute Gasteiger partial charge is 0.322 e. The Bertz CT molecular complexity index is 647. The molecule has 1 aromatic carbocycles. The number of aryl methyl sites for hydroxylation is 1. The van der Waals surface area contributed by atoms with Gasteiger partial charge in [0, 0.05) is 18.7 Å². The van der Waals surface area contributed by atoms with E-state index in [2.05, 4.69) is 15.3 Å². The van der Waals surface area contributed by atoms with Gasteiger partial charge < -0.3 is 15.2 Å². The monoisotopic (exact) mass is 270 g/mol. The molecule has 0 saturated carbocycles. The molecule has 5 heteroatoms. The van der Waals surface area contributed by atoms with Crippen LogP contribution in [0.1, 0.15) is 22.5 Å². The summed E-state index contributed by atoms with van der Waals surface area (Å²) in [6, 6.07) is 5.88. The minimum atomic E-state index is -0.0565. The molecule has 0 radical (unpaired) electrons. The fraction of sp³-hybridized carbons (Fsp3) is 0.333. The molecule has 2 amide bonds. The highest BCUT2D eigenvalue weighted by molar-refractivity contribution is 5.90. The summed E-state index contributed by atoms with van der Waals surface area (Å²) in [4.78, 5) is 21.5. The first-order valence-electron chi connectivity index (χ1n) is 6.78. The Labute approximate surface area is 118 Å². The molecule has 20 heavy (non-hydrogen) atoms. The van der Waals surface area contributed by atoms with Crippen molar-refractivity contribution in [3.63, 3.8) is 0 Å². The van der Waals surface area contributed by atoms with Gasteiger partial charge in [-0.25, -0.2) is 9.78 Å². The average Bonchev–Trinajstić information content (AvgIpc) is 2.91. The van der Waals surface area contributed by atoms with Crippen LogP contribution in [-0.4, -0.2) is 27.4 Å². The van der Waals surface area contributed by atoms with Gasteiger partial charge in [0.2, 0.25) is 0 Å². The van der Waals surface area contributed by atoms with E-state index in [1.165, 1.54) is 5.56 Å². The minimum absolute atomic E-state index is 0.0565. The van der Waals surface area contributed by atoms with Crippen molar-refractivity contribution in [1.29, 1.82) is 0 Å². The predicted octanol–water partition coefficient (Wildman–Crippen LogP) is 2.62. The number of aromatic nitrogens is 2. The van der Waals surface area contributed by atoms with E-state index in [0.717, 1.165) is 29.1 Å². The van der Waals surface area contributed by atoms with Crippen LogP contribution in [0.2, 0.25) is 0 Å². The molecule has 1 aliphatic rings. The van der Waals surface area contributed by atoms with E-state index in [-0.39, 0.29) is 6.03 Å². The van der Waals surface area contributed by atoms with Gasteiger partial charge in [0.25, 0.3) is 0 Å². The summed E-state index contributed by atoms with van der Waals surface area (Å²) in [5.41, 5.74) is 5.27. The third-order valence-corrected chi connectivity index (χ3v) is 3.91. The summed E-state index contributed by atoms with van der Waals surface area (Å²) in [7, 11) is 0. The number of carbonyl (C=O) groups is 1. The van der Waals surface area contributed by atoms with Crippen molar-refractivity contribution in [2.45, 2.75) is 26.8 Å². The van der Waals surface area contributed by atoms with Crippen LogP contribution in [0.5, 0.6) is 0 Å². The number of nitrogens with one attached hydrogen (secondary N) is 2. The van der Waals surface area contributed by atoms with Crippen molar-refractivity contribution < 1.29 is 4.79 Å². The highest BCUT2D eigenvalue weighted by Gasteiger charge is 2.22. The van der Waals surface area contributed by atoms with Crippen LogP contribution in [0.15, 0.2) is 24.5 Å². The first-order valence-corrected chi connectivity index (χ1v) is 6.78. The number of fused-ring (bicyclic) bond motifs is 1. The average molecular weight is 270 g/mol.